The summed E-state index contributed by atoms with van der Waals surface area (Å²) in [7, 11) is 0. The first-order valence-electron chi connectivity index (χ1n) is 8.11. The molecule has 0 saturated carbocycles. The molecule has 1 aromatic carbocycles. The van der Waals surface area contributed by atoms with Crippen LogP contribution >= 0.6 is 0 Å². The van der Waals surface area contributed by atoms with Gasteiger partial charge in [-0.15, -0.1) is 0 Å². The van der Waals surface area contributed by atoms with Crippen LogP contribution in [0.15, 0.2) is 36.5 Å². The molecule has 1 aliphatic carbocycles. The van der Waals surface area contributed by atoms with Gasteiger partial charge in [0.25, 0.3) is 5.91 Å². The lowest BCUT2D eigenvalue weighted by molar-refractivity contribution is -0.138. The van der Waals surface area contributed by atoms with Gasteiger partial charge in [-0.3, -0.25) is 9.59 Å². The number of hydrogen-bond donors (Lipinski definition) is 3. The first-order valence-corrected chi connectivity index (χ1v) is 8.11. The monoisotopic (exact) mass is 354 g/mol. The van der Waals surface area contributed by atoms with Crippen molar-refractivity contribution in [2.45, 2.75) is 25.5 Å². The smallest absolute Gasteiger partial charge is 0.325 e. The molecule has 26 heavy (non-hydrogen) atoms. The average Bonchev–Trinajstić information content (AvgIpc) is 2.62. The average molecular weight is 354 g/mol. The van der Waals surface area contributed by atoms with Crippen LogP contribution < -0.4 is 20.5 Å². The van der Waals surface area contributed by atoms with Gasteiger partial charge in [-0.1, -0.05) is 24.3 Å². The number of aliphatic carboxylic acids is 1. The second kappa shape index (κ2) is 7.26. The van der Waals surface area contributed by atoms with Crippen molar-refractivity contribution in [3.8, 4) is 11.5 Å². The Morgan fingerprint density at radius 3 is 2.73 bits per heavy atom. The molecular weight excluding hydrogens is 336 g/mol. The number of pyridine rings is 1. The molecule has 3 rings (SSSR count). The molecule has 0 saturated heterocycles. The summed E-state index contributed by atoms with van der Waals surface area (Å²) < 4.78 is 5.87. The highest BCUT2D eigenvalue weighted by molar-refractivity contribution is 5.97. The van der Waals surface area contributed by atoms with Gasteiger partial charge < -0.3 is 20.3 Å². The molecule has 2 atom stereocenters. The predicted octanol–water partition coefficient (Wildman–Crippen LogP) is 0.402. The van der Waals surface area contributed by atoms with Crippen LogP contribution in [0.2, 0.25) is 0 Å². The minimum Gasteiger partial charge on any atom is -0.505 e. The number of carboxylic acid groups (broad SMARTS) is 1. The van der Waals surface area contributed by atoms with E-state index in [2.05, 4.69) is 10.3 Å². The van der Waals surface area contributed by atoms with E-state index in [1.54, 1.807) is 6.08 Å². The number of para-hydroxylation sites is 1. The molecule has 1 heterocycles. The van der Waals surface area contributed by atoms with Crippen LogP contribution in [0.4, 0.5) is 0 Å². The molecule has 0 bridgehead atoms. The van der Waals surface area contributed by atoms with Crippen molar-refractivity contribution in [2.75, 3.05) is 0 Å². The number of rotatable bonds is 5. The summed E-state index contributed by atoms with van der Waals surface area (Å²) in [5.74, 6) is -1.44. The Morgan fingerprint density at radius 2 is 2.04 bits per heavy atom. The van der Waals surface area contributed by atoms with Crippen LogP contribution in [0.3, 0.4) is 0 Å². The summed E-state index contributed by atoms with van der Waals surface area (Å²) in [5, 5.41) is 22.6. The number of benzene rings is 1. The number of amides is 1. The summed E-state index contributed by atoms with van der Waals surface area (Å²) in [5.41, 5.74) is -0.205. The van der Waals surface area contributed by atoms with Crippen LogP contribution in [0.1, 0.15) is 23.8 Å². The molecule has 2 aromatic rings. The van der Waals surface area contributed by atoms with Gasteiger partial charge in [-0.05, 0) is 25.1 Å². The highest BCUT2D eigenvalue weighted by Crippen LogP contribution is 2.15. The predicted molar refractivity (Wildman–Crippen MR) is 94.1 cm³/mol. The van der Waals surface area contributed by atoms with E-state index in [1.807, 2.05) is 36.4 Å². The van der Waals surface area contributed by atoms with Crippen molar-refractivity contribution in [3.05, 3.63) is 52.7 Å². The van der Waals surface area contributed by atoms with Gasteiger partial charge in [-0.25, -0.2) is 4.98 Å². The molecule has 1 aromatic heterocycles. The second-order valence-electron chi connectivity index (χ2n) is 5.93. The highest BCUT2D eigenvalue weighted by Gasteiger charge is 2.21. The number of nitrogens with one attached hydrogen (secondary N) is 1. The molecule has 1 amide bonds. The standard InChI is InChI=1S/C19H18N2O5/c1-11(19(24)25)21-18(23)16-17(22)15-8-7-14(9-12(15)10-20-16)26-13-5-3-2-4-6-13/h2-6,8-11,14,22H,7H2,1H3,(H,21,23)(H,24,25)/t11?,14-/m0/s1. The van der Waals surface area contributed by atoms with E-state index < -0.39 is 17.9 Å². The fraction of sp³-hybridized carbons (Fsp3) is 0.211. The first kappa shape index (κ1) is 17.5. The van der Waals surface area contributed by atoms with Crippen molar-refractivity contribution in [1.82, 2.24) is 10.3 Å². The second-order valence-corrected chi connectivity index (χ2v) is 5.93. The molecule has 7 nitrogen and oxygen atoms in total. The lowest BCUT2D eigenvalue weighted by Crippen LogP contribution is -2.40. The summed E-state index contributed by atoms with van der Waals surface area (Å²) in [6.07, 6.45) is 5.38. The summed E-state index contributed by atoms with van der Waals surface area (Å²) in [6, 6.07) is 8.29. The lowest BCUT2D eigenvalue weighted by Gasteiger charge is -2.17. The van der Waals surface area contributed by atoms with Gasteiger partial charge in [0, 0.05) is 23.1 Å². The molecule has 1 unspecified atom stereocenters. The molecule has 0 fully saturated rings. The Balaban J connectivity index is 1.85. The maximum atomic E-state index is 12.1. The number of aromatic nitrogens is 1. The Bertz CT molecular complexity index is 956. The zero-order valence-electron chi connectivity index (χ0n) is 14.0. The Labute approximate surface area is 149 Å². The topological polar surface area (TPSA) is 109 Å². The SMILES string of the molecule is CC(NC(=O)c1ncc2c(c1O)=CC[C@H](Oc1ccccc1)C=2)C(=O)O. The van der Waals surface area contributed by atoms with Crippen molar-refractivity contribution in [1.29, 1.82) is 0 Å². The largest absolute Gasteiger partial charge is 0.505 e. The van der Waals surface area contributed by atoms with Crippen molar-refractivity contribution >= 4 is 24.0 Å². The Kier molecular flexibility index (Phi) is 4.88. The van der Waals surface area contributed by atoms with E-state index in [-0.39, 0.29) is 17.5 Å². The third-order valence-electron chi connectivity index (χ3n) is 4.01. The molecule has 1 aliphatic rings. The van der Waals surface area contributed by atoms with Crippen molar-refractivity contribution < 1.29 is 24.5 Å². The molecule has 0 spiro atoms. The van der Waals surface area contributed by atoms with Crippen LogP contribution in [-0.4, -0.2) is 39.2 Å². The van der Waals surface area contributed by atoms with Crippen molar-refractivity contribution in [3.63, 3.8) is 0 Å². The van der Waals surface area contributed by atoms with E-state index in [0.717, 1.165) is 5.75 Å². The van der Waals surface area contributed by atoms with E-state index in [0.29, 0.717) is 16.9 Å². The first-order chi connectivity index (χ1) is 12.5. The summed E-state index contributed by atoms with van der Waals surface area (Å²) in [6.45, 7) is 1.33. The van der Waals surface area contributed by atoms with Gasteiger partial charge >= 0.3 is 5.97 Å². The number of nitrogens with zero attached hydrogens (tertiary/aromatic N) is 1. The zero-order chi connectivity index (χ0) is 18.7. The Morgan fingerprint density at radius 1 is 1.31 bits per heavy atom. The van der Waals surface area contributed by atoms with E-state index in [1.165, 1.54) is 13.1 Å². The maximum absolute atomic E-state index is 12.1. The van der Waals surface area contributed by atoms with Gasteiger partial charge in [0.15, 0.2) is 11.4 Å². The molecule has 0 radical (unpaired) electrons. The number of carboxylic acids is 1. The van der Waals surface area contributed by atoms with E-state index >= 15 is 0 Å². The maximum Gasteiger partial charge on any atom is 0.325 e. The van der Waals surface area contributed by atoms with Crippen LogP contribution in [0.5, 0.6) is 11.5 Å². The minimum atomic E-state index is -1.17. The van der Waals surface area contributed by atoms with Crippen LogP contribution in [-0.2, 0) is 4.79 Å². The third kappa shape index (κ3) is 3.66. The number of fused-ring (bicyclic) bond motifs is 1. The lowest BCUT2D eigenvalue weighted by atomic mass is 10.1. The number of ether oxygens (including phenoxy) is 1. The molecular formula is C19H18N2O5. The fourth-order valence-electron chi connectivity index (χ4n) is 2.63. The van der Waals surface area contributed by atoms with Crippen molar-refractivity contribution in [2.24, 2.45) is 0 Å². The van der Waals surface area contributed by atoms with E-state index in [4.69, 9.17) is 9.84 Å². The third-order valence-corrected chi connectivity index (χ3v) is 4.01. The highest BCUT2D eigenvalue weighted by atomic mass is 16.5. The minimum absolute atomic E-state index is 0.205. The fourth-order valence-corrected chi connectivity index (χ4v) is 2.63. The van der Waals surface area contributed by atoms with Crippen LogP contribution in [0, 0.1) is 0 Å². The molecule has 0 aliphatic heterocycles. The molecule has 3 N–H and O–H groups in total. The normalized spacial score (nSPS) is 16.4. The number of carbonyl (C=O) groups is 2. The molecule has 134 valence electrons. The van der Waals surface area contributed by atoms with Gasteiger partial charge in [0.2, 0.25) is 0 Å². The quantitative estimate of drug-likeness (QED) is 0.717. The van der Waals surface area contributed by atoms with E-state index in [9.17, 15) is 14.7 Å². The summed E-state index contributed by atoms with van der Waals surface area (Å²) >= 11 is 0. The van der Waals surface area contributed by atoms with Gasteiger partial charge in [0.1, 0.15) is 17.9 Å². The van der Waals surface area contributed by atoms with Crippen LogP contribution in [0.25, 0.3) is 12.2 Å². The number of hydrogen-bond acceptors (Lipinski definition) is 5. The zero-order valence-corrected chi connectivity index (χ0v) is 14.0. The molecule has 7 heteroatoms. The van der Waals surface area contributed by atoms with Gasteiger partial charge in [-0.2, -0.15) is 0 Å². The Hall–Kier alpha value is -3.35. The number of aromatic hydroxyl groups is 1. The van der Waals surface area contributed by atoms with Gasteiger partial charge in [0.05, 0.1) is 0 Å². The number of carbonyl (C=O) groups excluding carboxylic acids is 1. The summed E-state index contributed by atoms with van der Waals surface area (Å²) in [4.78, 5) is 27.0.